The highest BCUT2D eigenvalue weighted by atomic mass is 16.5. The maximum atomic E-state index is 12.2. The van der Waals surface area contributed by atoms with E-state index in [1.165, 1.54) is 0 Å². The Balaban J connectivity index is 1.59. The van der Waals surface area contributed by atoms with Gasteiger partial charge < -0.3 is 15.0 Å². The molecule has 0 aromatic heterocycles. The third kappa shape index (κ3) is 3.75. The first kappa shape index (κ1) is 20.3. The average molecular weight is 404 g/mol. The van der Waals surface area contributed by atoms with Gasteiger partial charge in [0.2, 0.25) is 5.91 Å². The number of benzene rings is 1. The highest BCUT2D eigenvalue weighted by Gasteiger charge is 2.40. The monoisotopic (exact) mass is 403 g/mol. The minimum absolute atomic E-state index is 0.0301. The lowest BCUT2D eigenvalue weighted by Crippen LogP contribution is -2.33. The second-order valence-corrected chi connectivity index (χ2v) is 8.47. The van der Waals surface area contributed by atoms with E-state index in [1.807, 2.05) is 44.2 Å². The second-order valence-electron chi connectivity index (χ2n) is 8.47. The predicted octanol–water partition coefficient (Wildman–Crippen LogP) is 4.86. The Labute approximate surface area is 178 Å². The Kier molecular flexibility index (Phi) is 5.67. The van der Waals surface area contributed by atoms with Gasteiger partial charge in [0.25, 0.3) is 0 Å². The van der Waals surface area contributed by atoms with E-state index in [4.69, 9.17) is 4.74 Å². The molecule has 156 valence electrons. The Morgan fingerprint density at radius 2 is 2.03 bits per heavy atom. The van der Waals surface area contributed by atoms with Gasteiger partial charge in [-0.3, -0.25) is 4.79 Å². The number of carbonyl (C=O) groups is 1. The van der Waals surface area contributed by atoms with Gasteiger partial charge in [-0.15, -0.1) is 0 Å². The van der Waals surface area contributed by atoms with Gasteiger partial charge in [-0.2, -0.15) is 5.26 Å². The van der Waals surface area contributed by atoms with Crippen LogP contribution in [0.5, 0.6) is 0 Å². The number of amides is 1. The summed E-state index contributed by atoms with van der Waals surface area (Å²) in [5.41, 5.74) is 3.56. The molecule has 3 aliphatic rings. The normalized spacial score (nSPS) is 23.0. The van der Waals surface area contributed by atoms with Crippen LogP contribution in [0.2, 0.25) is 0 Å². The summed E-state index contributed by atoms with van der Waals surface area (Å²) in [6.45, 7) is 6.94. The summed E-state index contributed by atoms with van der Waals surface area (Å²) >= 11 is 0. The van der Waals surface area contributed by atoms with Crippen LogP contribution in [0.4, 0.5) is 5.69 Å². The first-order valence-electron chi connectivity index (χ1n) is 10.9. The van der Waals surface area contributed by atoms with E-state index in [2.05, 4.69) is 35.4 Å². The lowest BCUT2D eigenvalue weighted by Gasteiger charge is -2.31. The van der Waals surface area contributed by atoms with Crippen molar-refractivity contribution in [3.63, 3.8) is 0 Å². The molecule has 30 heavy (non-hydrogen) atoms. The van der Waals surface area contributed by atoms with Crippen LogP contribution in [0.1, 0.15) is 45.6 Å². The summed E-state index contributed by atoms with van der Waals surface area (Å²) in [4.78, 5) is 14.5. The number of nitrogens with one attached hydrogen (secondary N) is 1. The minimum Gasteiger partial charge on any atom is -0.491 e. The van der Waals surface area contributed by atoms with Gasteiger partial charge in [0, 0.05) is 24.1 Å². The molecule has 1 amide bonds. The summed E-state index contributed by atoms with van der Waals surface area (Å²) in [7, 11) is 0. The third-order valence-corrected chi connectivity index (χ3v) is 6.14. The van der Waals surface area contributed by atoms with E-state index >= 15 is 0 Å². The third-order valence-electron chi connectivity index (χ3n) is 6.14. The Morgan fingerprint density at radius 1 is 1.30 bits per heavy atom. The van der Waals surface area contributed by atoms with Crippen molar-refractivity contribution in [2.24, 2.45) is 11.8 Å². The van der Waals surface area contributed by atoms with E-state index < -0.39 is 0 Å². The first-order valence-corrected chi connectivity index (χ1v) is 10.9. The molecule has 1 aromatic carbocycles. The zero-order chi connectivity index (χ0) is 21.3. The first-order chi connectivity index (χ1) is 14.5. The van der Waals surface area contributed by atoms with Crippen LogP contribution in [-0.4, -0.2) is 29.5 Å². The highest BCUT2D eigenvalue weighted by molar-refractivity contribution is 5.93. The number of rotatable bonds is 6. The van der Waals surface area contributed by atoms with Crippen molar-refractivity contribution < 1.29 is 9.53 Å². The van der Waals surface area contributed by atoms with Crippen LogP contribution in [-0.2, 0) is 9.53 Å². The maximum Gasteiger partial charge on any atom is 0.227 e. The molecule has 0 saturated heterocycles. The van der Waals surface area contributed by atoms with Gasteiger partial charge in [-0.1, -0.05) is 24.6 Å². The van der Waals surface area contributed by atoms with E-state index in [0.717, 1.165) is 54.1 Å². The lowest BCUT2D eigenvalue weighted by molar-refractivity contribution is -0.122. The predicted molar refractivity (Wildman–Crippen MR) is 118 cm³/mol. The summed E-state index contributed by atoms with van der Waals surface area (Å²) in [5.74, 6) is 1.16. The topological polar surface area (TPSA) is 65.4 Å². The van der Waals surface area contributed by atoms with Crippen LogP contribution in [0.15, 0.2) is 53.8 Å². The van der Waals surface area contributed by atoms with Gasteiger partial charge in [-0.05, 0) is 63.5 Å². The Morgan fingerprint density at radius 3 is 2.60 bits per heavy atom. The molecule has 1 aromatic rings. The number of anilines is 1. The molecule has 0 spiro atoms. The number of ether oxygens (including phenoxy) is 1. The largest absolute Gasteiger partial charge is 0.491 e. The average Bonchev–Trinajstić information content (AvgIpc) is 2.99. The minimum atomic E-state index is 0.0301. The van der Waals surface area contributed by atoms with Crippen molar-refractivity contribution in [3.05, 3.63) is 59.4 Å². The van der Waals surface area contributed by atoms with E-state index in [0.29, 0.717) is 0 Å². The van der Waals surface area contributed by atoms with Crippen molar-refractivity contribution in [1.29, 1.82) is 5.26 Å². The molecule has 1 saturated carbocycles. The molecular formula is C25H29N3O2. The van der Waals surface area contributed by atoms with E-state index in [9.17, 15) is 10.1 Å². The molecule has 4 rings (SSSR count). The number of carbonyl (C=O) groups excluding carboxylic acids is 1. The molecule has 2 atom stereocenters. The Bertz CT molecular complexity index is 946. The van der Waals surface area contributed by atoms with Gasteiger partial charge in [0.05, 0.1) is 29.5 Å². The number of nitrogens with zero attached hydrogens (tertiary/aromatic N) is 2. The Hall–Kier alpha value is -3.00. The molecular weight excluding hydrogens is 374 g/mol. The van der Waals surface area contributed by atoms with E-state index in [-0.39, 0.29) is 29.9 Å². The molecule has 5 heteroatoms. The van der Waals surface area contributed by atoms with Gasteiger partial charge in [0.15, 0.2) is 0 Å². The summed E-state index contributed by atoms with van der Waals surface area (Å²) < 4.78 is 5.89. The van der Waals surface area contributed by atoms with Crippen molar-refractivity contribution in [3.8, 4) is 6.07 Å². The molecule has 1 N–H and O–H groups in total. The molecule has 1 fully saturated rings. The molecule has 2 aliphatic carbocycles. The molecule has 1 heterocycles. The van der Waals surface area contributed by atoms with Gasteiger partial charge in [0.1, 0.15) is 5.76 Å². The fraction of sp³-hybridized carbons (Fsp3) is 0.440. The number of fused-ring (bicyclic) bond motifs is 1. The number of hydrogen-bond acceptors (Lipinski definition) is 4. The molecule has 0 radical (unpaired) electrons. The van der Waals surface area contributed by atoms with Crippen molar-refractivity contribution in [1.82, 2.24) is 4.90 Å². The SMILES string of the molecule is CCN1C(c2ccc(NC(=O)C3CCC3)cc2)=C(C#N)C2C=CC(OC(C)C)=CC21. The fourth-order valence-corrected chi connectivity index (χ4v) is 4.45. The van der Waals surface area contributed by atoms with Gasteiger partial charge >= 0.3 is 0 Å². The summed E-state index contributed by atoms with van der Waals surface area (Å²) in [6.07, 6.45) is 9.42. The van der Waals surface area contributed by atoms with Crippen molar-refractivity contribution in [2.75, 3.05) is 11.9 Å². The molecule has 5 nitrogen and oxygen atoms in total. The lowest BCUT2D eigenvalue weighted by atomic mass is 9.85. The zero-order valence-corrected chi connectivity index (χ0v) is 17.9. The number of likely N-dealkylation sites (N-methyl/N-ethyl adjacent to an activating group) is 1. The summed E-state index contributed by atoms with van der Waals surface area (Å²) in [5, 5.41) is 13.0. The second kappa shape index (κ2) is 8.39. The quantitative estimate of drug-likeness (QED) is 0.737. The zero-order valence-electron chi connectivity index (χ0n) is 17.9. The van der Waals surface area contributed by atoms with Crippen LogP contribution in [0, 0.1) is 23.2 Å². The number of nitriles is 1. The van der Waals surface area contributed by atoms with Crippen molar-refractivity contribution in [2.45, 2.75) is 52.2 Å². The van der Waals surface area contributed by atoms with Crippen LogP contribution in [0.3, 0.4) is 0 Å². The molecule has 2 unspecified atom stereocenters. The molecule has 0 bridgehead atoms. The standard InChI is InChI=1S/C25H29N3O2/c1-4-28-23-14-20(30-16(2)3)12-13-21(23)22(15-26)24(28)17-8-10-19(11-9-17)27-25(29)18-6-5-7-18/h8-14,16,18,21,23H,4-7H2,1-3H3,(H,27,29). The molecule has 1 aliphatic heterocycles. The fourth-order valence-electron chi connectivity index (χ4n) is 4.45. The number of hydrogen-bond donors (Lipinski definition) is 1. The van der Waals surface area contributed by atoms with Crippen molar-refractivity contribution >= 4 is 17.3 Å². The van der Waals surface area contributed by atoms with Gasteiger partial charge in [-0.25, -0.2) is 0 Å². The number of allylic oxidation sites excluding steroid dienone is 1. The van der Waals surface area contributed by atoms with Crippen LogP contribution >= 0.6 is 0 Å². The highest BCUT2D eigenvalue weighted by Crippen LogP contribution is 2.43. The maximum absolute atomic E-state index is 12.2. The summed E-state index contributed by atoms with van der Waals surface area (Å²) in [6, 6.07) is 10.4. The smallest absolute Gasteiger partial charge is 0.227 e. The van der Waals surface area contributed by atoms with Crippen LogP contribution < -0.4 is 5.32 Å². The van der Waals surface area contributed by atoms with E-state index in [1.54, 1.807) is 0 Å². The van der Waals surface area contributed by atoms with Crippen LogP contribution in [0.25, 0.3) is 5.70 Å².